The van der Waals surface area contributed by atoms with Crippen molar-refractivity contribution in [2.75, 3.05) is 14.2 Å². The van der Waals surface area contributed by atoms with E-state index in [1.165, 1.54) is 13.2 Å². The van der Waals surface area contributed by atoms with Gasteiger partial charge in [0, 0.05) is 6.08 Å². The van der Waals surface area contributed by atoms with Gasteiger partial charge in [-0.3, -0.25) is 0 Å². The second-order valence-corrected chi connectivity index (χ2v) is 3.53. The highest BCUT2D eigenvalue weighted by Crippen LogP contribution is 2.23. The number of rotatable bonds is 3. The van der Waals surface area contributed by atoms with Crippen molar-refractivity contribution in [3.8, 4) is 5.75 Å². The van der Waals surface area contributed by atoms with Crippen molar-refractivity contribution in [3.05, 3.63) is 34.9 Å². The number of methoxy groups -OCH3 is 2. The Hall–Kier alpha value is -1.77. The van der Waals surface area contributed by atoms with Gasteiger partial charge < -0.3 is 9.47 Å². The van der Waals surface area contributed by atoms with Crippen LogP contribution in [0, 0.1) is 13.8 Å². The van der Waals surface area contributed by atoms with Crippen LogP contribution in [0.25, 0.3) is 6.08 Å². The Bertz CT molecular complexity index is 419. The van der Waals surface area contributed by atoms with Crippen LogP contribution in [0.2, 0.25) is 0 Å². The van der Waals surface area contributed by atoms with E-state index >= 15 is 0 Å². The number of carbonyl (C=O) groups excluding carboxylic acids is 1. The third-order valence-electron chi connectivity index (χ3n) is 2.38. The highest BCUT2D eigenvalue weighted by Gasteiger charge is 2.02. The second-order valence-electron chi connectivity index (χ2n) is 3.53. The number of aryl methyl sites for hydroxylation is 2. The first-order chi connectivity index (χ1) is 7.58. The molecule has 0 unspecified atom stereocenters. The first-order valence-corrected chi connectivity index (χ1v) is 4.99. The molecule has 1 aromatic rings. The van der Waals surface area contributed by atoms with E-state index in [-0.39, 0.29) is 5.97 Å². The van der Waals surface area contributed by atoms with Gasteiger partial charge in [-0.15, -0.1) is 0 Å². The van der Waals surface area contributed by atoms with Crippen LogP contribution in [0.1, 0.15) is 16.7 Å². The molecule has 0 atom stereocenters. The molecule has 16 heavy (non-hydrogen) atoms. The molecule has 3 heteroatoms. The van der Waals surface area contributed by atoms with Crippen molar-refractivity contribution in [2.45, 2.75) is 13.8 Å². The summed E-state index contributed by atoms with van der Waals surface area (Å²) in [5, 5.41) is 0. The summed E-state index contributed by atoms with van der Waals surface area (Å²) in [6, 6.07) is 3.93. The fourth-order valence-electron chi connectivity index (χ4n) is 1.44. The highest BCUT2D eigenvalue weighted by molar-refractivity contribution is 5.87. The van der Waals surface area contributed by atoms with Gasteiger partial charge in [-0.25, -0.2) is 4.79 Å². The standard InChI is InChI=1S/C13H16O3/c1-9-8-12(15-3)10(2)7-11(9)5-6-13(14)16-4/h5-8H,1-4H3. The number of esters is 1. The van der Waals surface area contributed by atoms with Crippen LogP contribution in [-0.4, -0.2) is 20.2 Å². The summed E-state index contributed by atoms with van der Waals surface area (Å²) in [5.74, 6) is 0.501. The summed E-state index contributed by atoms with van der Waals surface area (Å²) < 4.78 is 9.75. The minimum Gasteiger partial charge on any atom is -0.496 e. The van der Waals surface area contributed by atoms with Gasteiger partial charge in [0.05, 0.1) is 14.2 Å². The molecule has 0 aliphatic carbocycles. The predicted octanol–water partition coefficient (Wildman–Crippen LogP) is 2.50. The number of ether oxygens (including phenoxy) is 2. The smallest absolute Gasteiger partial charge is 0.330 e. The van der Waals surface area contributed by atoms with E-state index in [9.17, 15) is 4.79 Å². The number of carbonyl (C=O) groups is 1. The average Bonchev–Trinajstić information content (AvgIpc) is 2.29. The summed E-state index contributed by atoms with van der Waals surface area (Å²) in [4.78, 5) is 11.0. The van der Waals surface area contributed by atoms with Crippen LogP contribution in [0.3, 0.4) is 0 Å². The zero-order chi connectivity index (χ0) is 12.1. The van der Waals surface area contributed by atoms with E-state index in [1.54, 1.807) is 13.2 Å². The van der Waals surface area contributed by atoms with E-state index in [4.69, 9.17) is 4.74 Å². The Morgan fingerprint density at radius 1 is 1.19 bits per heavy atom. The van der Waals surface area contributed by atoms with Gasteiger partial charge in [-0.2, -0.15) is 0 Å². The normalized spacial score (nSPS) is 10.5. The lowest BCUT2D eigenvalue weighted by Gasteiger charge is -2.08. The highest BCUT2D eigenvalue weighted by atomic mass is 16.5. The summed E-state index contributed by atoms with van der Waals surface area (Å²) in [7, 11) is 3.00. The maximum atomic E-state index is 11.0. The molecule has 0 amide bonds. The van der Waals surface area contributed by atoms with E-state index in [2.05, 4.69) is 4.74 Å². The summed E-state index contributed by atoms with van der Waals surface area (Å²) >= 11 is 0. The van der Waals surface area contributed by atoms with Gasteiger partial charge in [-0.05, 0) is 48.7 Å². The van der Waals surface area contributed by atoms with E-state index in [1.807, 2.05) is 26.0 Å². The molecule has 0 saturated carbocycles. The molecular weight excluding hydrogens is 204 g/mol. The Kier molecular flexibility index (Phi) is 4.11. The van der Waals surface area contributed by atoms with Gasteiger partial charge in [0.25, 0.3) is 0 Å². The minimum absolute atomic E-state index is 0.354. The van der Waals surface area contributed by atoms with E-state index in [0.29, 0.717) is 0 Å². The van der Waals surface area contributed by atoms with Gasteiger partial charge in [-0.1, -0.05) is 0 Å². The molecule has 0 radical (unpaired) electrons. The third kappa shape index (κ3) is 2.86. The third-order valence-corrected chi connectivity index (χ3v) is 2.38. The molecule has 0 N–H and O–H groups in total. The molecule has 0 heterocycles. The maximum absolute atomic E-state index is 11.0. The summed E-state index contributed by atoms with van der Waals surface area (Å²) in [6.07, 6.45) is 3.15. The molecule has 3 nitrogen and oxygen atoms in total. The fourth-order valence-corrected chi connectivity index (χ4v) is 1.44. The monoisotopic (exact) mass is 220 g/mol. The van der Waals surface area contributed by atoms with Crippen LogP contribution in [0.15, 0.2) is 18.2 Å². The Balaban J connectivity index is 3.02. The van der Waals surface area contributed by atoms with Crippen molar-refractivity contribution in [2.24, 2.45) is 0 Å². The molecule has 0 fully saturated rings. The number of benzene rings is 1. The SMILES string of the molecule is COC(=O)C=Cc1cc(C)c(OC)cc1C. The first-order valence-electron chi connectivity index (χ1n) is 4.99. The quantitative estimate of drug-likeness (QED) is 0.580. The van der Waals surface area contributed by atoms with Crippen LogP contribution in [-0.2, 0) is 9.53 Å². The minimum atomic E-state index is -0.354. The molecule has 0 saturated heterocycles. The van der Waals surface area contributed by atoms with Crippen molar-refractivity contribution in [3.63, 3.8) is 0 Å². The lowest BCUT2D eigenvalue weighted by Crippen LogP contribution is -1.94. The van der Waals surface area contributed by atoms with Crippen LogP contribution < -0.4 is 4.74 Å². The number of hydrogen-bond acceptors (Lipinski definition) is 3. The van der Waals surface area contributed by atoms with Crippen molar-refractivity contribution < 1.29 is 14.3 Å². The Morgan fingerprint density at radius 3 is 2.44 bits per heavy atom. The summed E-state index contributed by atoms with van der Waals surface area (Å²) in [6.45, 7) is 3.94. The van der Waals surface area contributed by atoms with Crippen LogP contribution in [0.5, 0.6) is 5.75 Å². The Labute approximate surface area is 95.7 Å². The molecular formula is C13H16O3. The summed E-state index contributed by atoms with van der Waals surface area (Å²) in [5.41, 5.74) is 3.09. The second kappa shape index (κ2) is 5.35. The number of hydrogen-bond donors (Lipinski definition) is 0. The predicted molar refractivity (Wildman–Crippen MR) is 63.5 cm³/mol. The zero-order valence-electron chi connectivity index (χ0n) is 10.0. The average molecular weight is 220 g/mol. The molecule has 86 valence electrons. The Morgan fingerprint density at radius 2 is 1.88 bits per heavy atom. The van der Waals surface area contributed by atoms with Crippen LogP contribution >= 0.6 is 0 Å². The van der Waals surface area contributed by atoms with Gasteiger partial charge in [0.15, 0.2) is 0 Å². The molecule has 0 spiro atoms. The van der Waals surface area contributed by atoms with E-state index in [0.717, 1.165) is 22.4 Å². The van der Waals surface area contributed by atoms with Gasteiger partial charge in [0.2, 0.25) is 0 Å². The molecule has 0 aliphatic rings. The molecule has 0 aromatic heterocycles. The van der Waals surface area contributed by atoms with Crippen molar-refractivity contribution >= 4 is 12.0 Å². The van der Waals surface area contributed by atoms with Gasteiger partial charge >= 0.3 is 5.97 Å². The van der Waals surface area contributed by atoms with E-state index < -0.39 is 0 Å². The molecule has 0 aliphatic heterocycles. The zero-order valence-corrected chi connectivity index (χ0v) is 10.0. The molecule has 0 bridgehead atoms. The lowest BCUT2D eigenvalue weighted by atomic mass is 10.0. The van der Waals surface area contributed by atoms with Gasteiger partial charge in [0.1, 0.15) is 5.75 Å². The fraction of sp³-hybridized carbons (Fsp3) is 0.308. The van der Waals surface area contributed by atoms with Crippen LogP contribution in [0.4, 0.5) is 0 Å². The lowest BCUT2D eigenvalue weighted by molar-refractivity contribution is -0.134. The molecule has 1 rings (SSSR count). The first kappa shape index (κ1) is 12.3. The maximum Gasteiger partial charge on any atom is 0.330 e. The topological polar surface area (TPSA) is 35.5 Å². The van der Waals surface area contributed by atoms with Crippen molar-refractivity contribution in [1.82, 2.24) is 0 Å². The largest absolute Gasteiger partial charge is 0.496 e. The van der Waals surface area contributed by atoms with Crippen molar-refractivity contribution in [1.29, 1.82) is 0 Å². The molecule has 1 aromatic carbocycles.